The van der Waals surface area contributed by atoms with Crippen molar-refractivity contribution >= 4 is 23.2 Å². The Morgan fingerprint density at radius 2 is 1.44 bits per heavy atom. The highest BCUT2D eigenvalue weighted by atomic mass is 19.1. The Labute approximate surface area is 186 Å². The lowest BCUT2D eigenvalue weighted by molar-refractivity contribution is -0.115. The number of ether oxygens (including phenoxy) is 2. The number of hydrogen-bond donors (Lipinski definition) is 2. The third-order valence-electron chi connectivity index (χ3n) is 4.49. The van der Waals surface area contributed by atoms with E-state index in [2.05, 4.69) is 10.6 Å². The number of nitrogens with one attached hydrogen (secondary N) is 2. The number of rotatable bonds is 9. The van der Waals surface area contributed by atoms with Gasteiger partial charge in [0.1, 0.15) is 17.3 Å². The zero-order chi connectivity index (χ0) is 22.9. The van der Waals surface area contributed by atoms with Crippen molar-refractivity contribution in [3.05, 3.63) is 83.7 Å². The second kappa shape index (κ2) is 10.9. The zero-order valence-corrected chi connectivity index (χ0v) is 18.0. The second-order valence-electron chi connectivity index (χ2n) is 6.89. The maximum absolute atomic E-state index is 13.4. The first-order chi connectivity index (χ1) is 15.5. The molecule has 3 aromatic rings. The Hall–Kier alpha value is -3.87. The fourth-order valence-electron chi connectivity index (χ4n) is 3.12. The molecular formula is C25H25FN2O4. The van der Waals surface area contributed by atoms with Crippen LogP contribution in [0.2, 0.25) is 0 Å². The van der Waals surface area contributed by atoms with E-state index in [-0.39, 0.29) is 18.2 Å². The van der Waals surface area contributed by atoms with Crippen LogP contribution in [0, 0.1) is 5.82 Å². The molecule has 32 heavy (non-hydrogen) atoms. The summed E-state index contributed by atoms with van der Waals surface area (Å²) in [6, 6.07) is 17.9. The van der Waals surface area contributed by atoms with Crippen LogP contribution >= 0.6 is 0 Å². The van der Waals surface area contributed by atoms with Crippen LogP contribution in [0.3, 0.4) is 0 Å². The summed E-state index contributed by atoms with van der Waals surface area (Å²) in [6.07, 6.45) is -0.000211. The molecule has 0 spiro atoms. The van der Waals surface area contributed by atoms with Crippen LogP contribution < -0.4 is 20.1 Å². The monoisotopic (exact) mass is 436 g/mol. The molecule has 0 aliphatic heterocycles. The fourth-order valence-corrected chi connectivity index (χ4v) is 3.12. The van der Waals surface area contributed by atoms with Gasteiger partial charge in [0.05, 0.1) is 31.0 Å². The average Bonchev–Trinajstić information content (AvgIpc) is 2.77. The van der Waals surface area contributed by atoms with Crippen molar-refractivity contribution in [3.8, 4) is 11.5 Å². The minimum atomic E-state index is -0.401. The Kier molecular flexibility index (Phi) is 7.80. The number of carbonyl (C=O) groups excluding carboxylic acids is 2. The van der Waals surface area contributed by atoms with E-state index in [0.717, 1.165) is 0 Å². The van der Waals surface area contributed by atoms with E-state index in [1.807, 2.05) is 19.9 Å². The Balaban J connectivity index is 1.86. The molecule has 0 aliphatic rings. The molecule has 2 amide bonds. The van der Waals surface area contributed by atoms with Crippen molar-refractivity contribution in [1.82, 2.24) is 0 Å². The van der Waals surface area contributed by atoms with Gasteiger partial charge in [0, 0.05) is 17.7 Å². The van der Waals surface area contributed by atoms with Crippen molar-refractivity contribution in [1.29, 1.82) is 0 Å². The first-order valence-electron chi connectivity index (χ1n) is 10.3. The van der Waals surface area contributed by atoms with Crippen molar-refractivity contribution in [2.45, 2.75) is 20.3 Å². The van der Waals surface area contributed by atoms with Crippen LogP contribution in [0.5, 0.6) is 11.5 Å². The number of anilines is 2. The smallest absolute Gasteiger partial charge is 0.255 e. The Morgan fingerprint density at radius 3 is 2.03 bits per heavy atom. The Morgan fingerprint density at radius 1 is 0.812 bits per heavy atom. The van der Waals surface area contributed by atoms with E-state index in [4.69, 9.17) is 9.47 Å². The number of hydrogen-bond acceptors (Lipinski definition) is 4. The summed E-state index contributed by atoms with van der Waals surface area (Å²) in [5.74, 6) is -0.257. The number of carbonyl (C=O) groups is 2. The quantitative estimate of drug-likeness (QED) is 0.492. The van der Waals surface area contributed by atoms with Gasteiger partial charge in [-0.3, -0.25) is 9.59 Å². The van der Waals surface area contributed by atoms with E-state index < -0.39 is 5.82 Å². The molecular weight excluding hydrogens is 411 g/mol. The molecule has 6 nitrogen and oxygen atoms in total. The molecule has 0 bridgehead atoms. The molecule has 0 unspecified atom stereocenters. The first-order valence-corrected chi connectivity index (χ1v) is 10.3. The van der Waals surface area contributed by atoms with Gasteiger partial charge in [-0.05, 0) is 43.7 Å². The summed E-state index contributed by atoms with van der Waals surface area (Å²) in [4.78, 5) is 25.2. The van der Waals surface area contributed by atoms with Gasteiger partial charge in [0.25, 0.3) is 5.91 Å². The van der Waals surface area contributed by atoms with E-state index in [0.29, 0.717) is 47.2 Å². The molecule has 0 atom stereocenters. The fraction of sp³-hybridized carbons (Fsp3) is 0.200. The minimum Gasteiger partial charge on any atom is -0.492 e. The summed E-state index contributed by atoms with van der Waals surface area (Å²) in [5, 5.41) is 5.63. The van der Waals surface area contributed by atoms with E-state index in [1.165, 1.54) is 12.1 Å². The summed E-state index contributed by atoms with van der Waals surface area (Å²) in [7, 11) is 0. The molecule has 0 saturated heterocycles. The maximum Gasteiger partial charge on any atom is 0.255 e. The van der Waals surface area contributed by atoms with Crippen LogP contribution in [0.1, 0.15) is 29.8 Å². The van der Waals surface area contributed by atoms with Crippen LogP contribution in [0.4, 0.5) is 15.8 Å². The van der Waals surface area contributed by atoms with Crippen LogP contribution in [-0.4, -0.2) is 25.0 Å². The third kappa shape index (κ3) is 6.07. The molecule has 3 rings (SSSR count). The number of benzene rings is 3. The standard InChI is InChI=1S/C25H25FN2O4/c1-3-31-22-16-21(28-25(30)18-10-6-5-7-11-18)23(32-4-2)15-20(22)27-24(29)14-17-9-8-12-19(26)13-17/h5-13,15-16H,3-4,14H2,1-2H3,(H,27,29)(H,28,30). The summed E-state index contributed by atoms with van der Waals surface area (Å²) < 4.78 is 24.8. The van der Waals surface area contributed by atoms with Crippen LogP contribution in [-0.2, 0) is 11.2 Å². The number of halogens is 1. The first kappa shape index (κ1) is 22.8. The largest absolute Gasteiger partial charge is 0.492 e. The van der Waals surface area contributed by atoms with Crippen LogP contribution in [0.15, 0.2) is 66.7 Å². The van der Waals surface area contributed by atoms with Gasteiger partial charge in [-0.2, -0.15) is 0 Å². The lowest BCUT2D eigenvalue weighted by atomic mass is 10.1. The molecule has 0 saturated carbocycles. The van der Waals surface area contributed by atoms with E-state index in [9.17, 15) is 14.0 Å². The summed E-state index contributed by atoms with van der Waals surface area (Å²) >= 11 is 0. The molecule has 166 valence electrons. The topological polar surface area (TPSA) is 76.7 Å². The van der Waals surface area contributed by atoms with Gasteiger partial charge in [-0.1, -0.05) is 30.3 Å². The van der Waals surface area contributed by atoms with Gasteiger partial charge in [0.2, 0.25) is 5.91 Å². The highest BCUT2D eigenvalue weighted by Gasteiger charge is 2.17. The van der Waals surface area contributed by atoms with Gasteiger partial charge in [-0.25, -0.2) is 4.39 Å². The van der Waals surface area contributed by atoms with Crippen molar-refractivity contribution in [2.24, 2.45) is 0 Å². The second-order valence-corrected chi connectivity index (χ2v) is 6.89. The van der Waals surface area contributed by atoms with Crippen LogP contribution in [0.25, 0.3) is 0 Å². The van der Waals surface area contributed by atoms with Gasteiger partial charge in [-0.15, -0.1) is 0 Å². The molecule has 0 heterocycles. The molecule has 2 N–H and O–H groups in total. The lowest BCUT2D eigenvalue weighted by Gasteiger charge is -2.18. The molecule has 0 radical (unpaired) electrons. The minimum absolute atomic E-state index is 0.000211. The highest BCUT2D eigenvalue weighted by Crippen LogP contribution is 2.37. The summed E-state index contributed by atoms with van der Waals surface area (Å²) in [6.45, 7) is 4.35. The number of amides is 2. The van der Waals surface area contributed by atoms with Gasteiger partial charge >= 0.3 is 0 Å². The summed E-state index contributed by atoms with van der Waals surface area (Å²) in [5.41, 5.74) is 1.87. The SMILES string of the molecule is CCOc1cc(NC(=O)c2ccccc2)c(OCC)cc1NC(=O)Cc1cccc(F)c1. The zero-order valence-electron chi connectivity index (χ0n) is 18.0. The lowest BCUT2D eigenvalue weighted by Crippen LogP contribution is -2.17. The molecule has 3 aromatic carbocycles. The Bertz CT molecular complexity index is 1090. The normalized spacial score (nSPS) is 10.3. The third-order valence-corrected chi connectivity index (χ3v) is 4.49. The van der Waals surface area contributed by atoms with Gasteiger partial charge in [0.15, 0.2) is 0 Å². The van der Waals surface area contributed by atoms with Crippen molar-refractivity contribution < 1.29 is 23.5 Å². The van der Waals surface area contributed by atoms with Crippen molar-refractivity contribution in [2.75, 3.05) is 23.8 Å². The highest BCUT2D eigenvalue weighted by molar-refractivity contribution is 6.05. The molecule has 0 aromatic heterocycles. The predicted molar refractivity (Wildman–Crippen MR) is 122 cm³/mol. The van der Waals surface area contributed by atoms with Gasteiger partial charge < -0.3 is 20.1 Å². The van der Waals surface area contributed by atoms with E-state index in [1.54, 1.807) is 48.5 Å². The maximum atomic E-state index is 13.4. The molecule has 7 heteroatoms. The molecule has 0 aliphatic carbocycles. The van der Waals surface area contributed by atoms with Crippen molar-refractivity contribution in [3.63, 3.8) is 0 Å². The average molecular weight is 436 g/mol. The predicted octanol–water partition coefficient (Wildman–Crippen LogP) is 5.06. The molecule has 0 fully saturated rings. The van der Waals surface area contributed by atoms with E-state index >= 15 is 0 Å².